The lowest BCUT2D eigenvalue weighted by Gasteiger charge is -2.20. The Balaban J connectivity index is 2.43. The van der Waals surface area contributed by atoms with Crippen LogP contribution in [0.5, 0.6) is 5.75 Å². The molecule has 4 nitrogen and oxygen atoms in total. The number of aliphatic hydroxyl groups is 1. The van der Waals surface area contributed by atoms with Gasteiger partial charge in [0.1, 0.15) is 24.6 Å². The van der Waals surface area contributed by atoms with E-state index in [9.17, 15) is 9.90 Å². The predicted octanol–water partition coefficient (Wildman–Crippen LogP) is 1.54. The topological polar surface area (TPSA) is 55.8 Å². The van der Waals surface area contributed by atoms with Gasteiger partial charge in [-0.1, -0.05) is 24.3 Å². The number of hydrogen-bond acceptors (Lipinski definition) is 4. The molecule has 0 saturated heterocycles. The highest BCUT2D eigenvalue weighted by atomic mass is 16.5. The van der Waals surface area contributed by atoms with Crippen LogP contribution in [0.25, 0.3) is 0 Å². The average molecular weight is 236 g/mol. The third-order valence-corrected chi connectivity index (χ3v) is 2.22. The Morgan fingerprint density at radius 2 is 2.06 bits per heavy atom. The third-order valence-electron chi connectivity index (χ3n) is 2.22. The summed E-state index contributed by atoms with van der Waals surface area (Å²) in [5, 5.41) is 9.78. The van der Waals surface area contributed by atoms with Crippen molar-refractivity contribution in [2.75, 3.05) is 6.61 Å². The van der Waals surface area contributed by atoms with Gasteiger partial charge in [-0.3, -0.25) is 4.79 Å². The number of hydrogen-bond donors (Lipinski definition) is 1. The Hall–Kier alpha value is -1.81. The predicted molar refractivity (Wildman–Crippen MR) is 63.7 cm³/mol. The molecule has 0 bridgehead atoms. The van der Waals surface area contributed by atoms with Gasteiger partial charge in [-0.2, -0.15) is 0 Å². The van der Waals surface area contributed by atoms with Gasteiger partial charge >= 0.3 is 0 Å². The number of carbonyl (C=O) groups excluding carboxylic acids is 1. The Morgan fingerprint density at radius 3 is 2.65 bits per heavy atom. The lowest BCUT2D eigenvalue weighted by molar-refractivity contribution is -0.140. The van der Waals surface area contributed by atoms with Crippen molar-refractivity contribution in [3.63, 3.8) is 0 Å². The molecule has 1 aromatic rings. The van der Waals surface area contributed by atoms with E-state index in [4.69, 9.17) is 9.47 Å². The van der Waals surface area contributed by atoms with E-state index in [1.165, 1.54) is 0 Å². The van der Waals surface area contributed by atoms with Crippen LogP contribution in [0.2, 0.25) is 0 Å². The molecule has 1 rings (SSSR count). The van der Waals surface area contributed by atoms with E-state index < -0.39 is 12.2 Å². The second-order valence-electron chi connectivity index (χ2n) is 3.49. The summed E-state index contributed by atoms with van der Waals surface area (Å²) in [5.41, 5.74) is 0. The van der Waals surface area contributed by atoms with Crippen molar-refractivity contribution in [2.24, 2.45) is 0 Å². The molecule has 0 spiro atoms. The van der Waals surface area contributed by atoms with E-state index in [1.807, 2.05) is 18.2 Å². The van der Waals surface area contributed by atoms with Crippen LogP contribution >= 0.6 is 0 Å². The van der Waals surface area contributed by atoms with Crippen LogP contribution in [-0.4, -0.2) is 30.4 Å². The lowest BCUT2D eigenvalue weighted by atomic mass is 10.1. The van der Waals surface area contributed by atoms with E-state index in [2.05, 4.69) is 6.58 Å². The fourth-order valence-electron chi connectivity index (χ4n) is 1.34. The molecule has 4 heteroatoms. The number of benzene rings is 1. The zero-order valence-electron chi connectivity index (χ0n) is 9.49. The van der Waals surface area contributed by atoms with Gasteiger partial charge in [-0.25, -0.2) is 0 Å². The fraction of sp³-hybridized carbons (Fsp3) is 0.308. The molecule has 0 fully saturated rings. The number of carbonyl (C=O) groups is 1. The molecule has 0 aromatic heterocycles. The van der Waals surface area contributed by atoms with Crippen molar-refractivity contribution in [3.8, 4) is 5.75 Å². The van der Waals surface area contributed by atoms with E-state index in [0.717, 1.165) is 0 Å². The number of para-hydroxylation sites is 1. The van der Waals surface area contributed by atoms with Crippen LogP contribution in [-0.2, 0) is 9.53 Å². The number of aliphatic hydroxyl groups excluding tert-OH is 1. The summed E-state index contributed by atoms with van der Waals surface area (Å²) in [6, 6.07) is 9.13. The second-order valence-corrected chi connectivity index (χ2v) is 3.49. The average Bonchev–Trinajstić information content (AvgIpc) is 2.37. The zero-order valence-corrected chi connectivity index (χ0v) is 9.49. The highest BCUT2D eigenvalue weighted by Crippen LogP contribution is 2.11. The summed E-state index contributed by atoms with van der Waals surface area (Å²) in [6.45, 7) is 3.92. The summed E-state index contributed by atoms with van der Waals surface area (Å²) < 4.78 is 10.1. The molecular formula is C13H16O4. The summed E-state index contributed by atoms with van der Waals surface area (Å²) in [6.07, 6.45) is 0.477. The Bertz CT molecular complexity index is 327. The molecular weight excluding hydrogens is 220 g/mol. The maximum Gasteiger partial charge on any atom is 0.293 e. The first-order valence-corrected chi connectivity index (χ1v) is 5.34. The van der Waals surface area contributed by atoms with E-state index in [0.29, 0.717) is 18.6 Å². The summed E-state index contributed by atoms with van der Waals surface area (Å²) in [5.74, 6) is 0.662. The Kier molecular flexibility index (Phi) is 5.82. The number of rotatable bonds is 8. The summed E-state index contributed by atoms with van der Waals surface area (Å²) in [7, 11) is 0. The molecule has 0 saturated carbocycles. The molecule has 1 aromatic carbocycles. The van der Waals surface area contributed by atoms with Crippen LogP contribution < -0.4 is 4.74 Å². The largest absolute Gasteiger partial charge is 0.491 e. The molecule has 0 aliphatic carbocycles. The van der Waals surface area contributed by atoms with E-state index in [1.54, 1.807) is 18.2 Å². The molecule has 92 valence electrons. The van der Waals surface area contributed by atoms with Crippen molar-refractivity contribution >= 4 is 6.47 Å². The highest BCUT2D eigenvalue weighted by Gasteiger charge is 2.19. The minimum atomic E-state index is -0.876. The van der Waals surface area contributed by atoms with Crippen LogP contribution in [0, 0.1) is 0 Å². The normalized spacial score (nSPS) is 13.5. The SMILES string of the molecule is C=CCC(OC=O)C(O)COc1ccccc1. The molecule has 2 atom stereocenters. The molecule has 1 N–H and O–H groups in total. The molecule has 0 aliphatic rings. The Labute approximate surface area is 100 Å². The monoisotopic (exact) mass is 236 g/mol. The maximum atomic E-state index is 10.3. The van der Waals surface area contributed by atoms with Crippen molar-refractivity contribution in [3.05, 3.63) is 43.0 Å². The maximum absolute atomic E-state index is 10.3. The molecule has 0 radical (unpaired) electrons. The third kappa shape index (κ3) is 4.70. The van der Waals surface area contributed by atoms with Gasteiger partial charge < -0.3 is 14.6 Å². The van der Waals surface area contributed by atoms with Gasteiger partial charge in [-0.15, -0.1) is 6.58 Å². The molecule has 0 amide bonds. The highest BCUT2D eigenvalue weighted by molar-refractivity contribution is 5.37. The molecule has 0 aliphatic heterocycles. The Morgan fingerprint density at radius 1 is 1.35 bits per heavy atom. The fourth-order valence-corrected chi connectivity index (χ4v) is 1.34. The van der Waals surface area contributed by atoms with Crippen LogP contribution in [0.4, 0.5) is 0 Å². The molecule has 0 heterocycles. The van der Waals surface area contributed by atoms with Crippen LogP contribution in [0.1, 0.15) is 6.42 Å². The first kappa shape index (κ1) is 13.3. The van der Waals surface area contributed by atoms with Crippen molar-refractivity contribution in [1.82, 2.24) is 0 Å². The zero-order chi connectivity index (χ0) is 12.5. The number of ether oxygens (including phenoxy) is 2. The van der Waals surface area contributed by atoms with Gasteiger partial charge in [0, 0.05) is 6.42 Å². The standard InChI is InChI=1S/C13H16O4/c1-2-6-13(17-10-14)12(15)9-16-11-7-4-3-5-8-11/h2-5,7-8,10,12-13,15H,1,6,9H2. The lowest BCUT2D eigenvalue weighted by Crippen LogP contribution is -2.33. The minimum Gasteiger partial charge on any atom is -0.491 e. The van der Waals surface area contributed by atoms with Crippen LogP contribution in [0.15, 0.2) is 43.0 Å². The van der Waals surface area contributed by atoms with E-state index >= 15 is 0 Å². The van der Waals surface area contributed by atoms with Gasteiger partial charge in [0.15, 0.2) is 0 Å². The summed E-state index contributed by atoms with van der Waals surface area (Å²) in [4.78, 5) is 10.3. The first-order valence-electron chi connectivity index (χ1n) is 5.34. The van der Waals surface area contributed by atoms with Crippen molar-refractivity contribution in [1.29, 1.82) is 0 Å². The van der Waals surface area contributed by atoms with Crippen molar-refractivity contribution in [2.45, 2.75) is 18.6 Å². The first-order chi connectivity index (χ1) is 8.27. The van der Waals surface area contributed by atoms with Gasteiger partial charge in [0.2, 0.25) is 0 Å². The quantitative estimate of drug-likeness (QED) is 0.549. The van der Waals surface area contributed by atoms with Gasteiger partial charge in [-0.05, 0) is 12.1 Å². The minimum absolute atomic E-state index is 0.0658. The van der Waals surface area contributed by atoms with Gasteiger partial charge in [0.05, 0.1) is 0 Å². The van der Waals surface area contributed by atoms with Crippen molar-refractivity contribution < 1.29 is 19.4 Å². The van der Waals surface area contributed by atoms with Crippen LogP contribution in [0.3, 0.4) is 0 Å². The van der Waals surface area contributed by atoms with Gasteiger partial charge in [0.25, 0.3) is 6.47 Å². The second kappa shape index (κ2) is 7.46. The summed E-state index contributed by atoms with van der Waals surface area (Å²) >= 11 is 0. The van der Waals surface area contributed by atoms with E-state index in [-0.39, 0.29) is 6.61 Å². The smallest absolute Gasteiger partial charge is 0.293 e. The molecule has 17 heavy (non-hydrogen) atoms. The molecule has 2 unspecified atom stereocenters.